The number of benzene rings is 1. The molecule has 0 spiro atoms. The lowest BCUT2D eigenvalue weighted by Gasteiger charge is -2.27. The number of rotatable bonds is 10. The van der Waals surface area contributed by atoms with Crippen LogP contribution in [0.3, 0.4) is 0 Å². The van der Waals surface area contributed by atoms with Crippen molar-refractivity contribution in [1.29, 1.82) is 0 Å². The first-order valence-electron chi connectivity index (χ1n) is 14.5. The van der Waals surface area contributed by atoms with Gasteiger partial charge in [0, 0.05) is 18.5 Å². The van der Waals surface area contributed by atoms with Crippen molar-refractivity contribution in [2.45, 2.75) is 64.7 Å². The van der Waals surface area contributed by atoms with Gasteiger partial charge in [0.05, 0.1) is 18.5 Å². The lowest BCUT2D eigenvalue weighted by molar-refractivity contribution is -0.169. The number of hydrogen-bond acceptors (Lipinski definition) is 15. The Hall–Kier alpha value is -4.21. The van der Waals surface area contributed by atoms with E-state index < -0.39 is 44.2 Å². The van der Waals surface area contributed by atoms with Gasteiger partial charge in [0.15, 0.2) is 35.0 Å². The topological polar surface area (TPSA) is 224 Å². The van der Waals surface area contributed by atoms with Crippen LogP contribution in [0.2, 0.25) is 0 Å². The van der Waals surface area contributed by atoms with E-state index in [1.54, 1.807) is 37.4 Å². The summed E-state index contributed by atoms with van der Waals surface area (Å²) < 4.78 is 27.9. The van der Waals surface area contributed by atoms with Gasteiger partial charge in [-0.2, -0.15) is 9.97 Å². The molecule has 16 nitrogen and oxygen atoms in total. The number of imidazole rings is 1. The number of nitrogens with one attached hydrogen (secondary N) is 1. The standard InChI is InChI=1S/C29H37N8O8P/c1-15(25(39)43-13-28(2,3)4)36-46(41)45-17-8-9-18-16(11-17)7-10-20(33-18)42-12-19-22(38)29(5,40)26(44-19)37-14-32-21-23(31-6)34-27(30)35-24(21)37/h7-11,14-15,19,22,26,38,40H,12-13H2,1-6H3,(H3,30,31,34,35)/t15-,19+,22+,26+,29+/m0/s1. The quantitative estimate of drug-likeness (QED) is 0.142. The van der Waals surface area contributed by atoms with E-state index >= 15 is 0 Å². The first-order chi connectivity index (χ1) is 21.7. The van der Waals surface area contributed by atoms with Crippen molar-refractivity contribution in [2.75, 3.05) is 31.3 Å². The van der Waals surface area contributed by atoms with Crippen LogP contribution in [0.4, 0.5) is 11.8 Å². The SMILES string of the molecule is CNc1nc(N)nc2c1ncn2[C@@H]1O[C@H](COc2ccc3cc(O[P+]([O-])=N[C@@H](C)C(=O)OCC(C)(C)C)ccc3n2)[C@@H](O)[C@@]1(C)O. The number of nitrogens with two attached hydrogens (primary N) is 1. The van der Waals surface area contributed by atoms with E-state index in [0.29, 0.717) is 27.9 Å². The minimum Gasteiger partial charge on any atom is -0.575 e. The molecule has 0 aliphatic carbocycles. The van der Waals surface area contributed by atoms with Gasteiger partial charge in [0.1, 0.15) is 24.4 Å². The Morgan fingerprint density at radius 3 is 2.76 bits per heavy atom. The van der Waals surface area contributed by atoms with Crippen LogP contribution < -0.4 is 25.2 Å². The number of carbonyl (C=O) groups excluding carboxylic acids is 1. The van der Waals surface area contributed by atoms with Gasteiger partial charge < -0.3 is 40.4 Å². The van der Waals surface area contributed by atoms with Gasteiger partial charge in [0.25, 0.3) is 0 Å². The van der Waals surface area contributed by atoms with Crippen LogP contribution in [0.15, 0.2) is 41.4 Å². The Labute approximate surface area is 265 Å². The lowest BCUT2D eigenvalue weighted by Crippen LogP contribution is -2.44. The van der Waals surface area contributed by atoms with Crippen molar-refractivity contribution in [3.8, 4) is 11.6 Å². The van der Waals surface area contributed by atoms with Gasteiger partial charge in [-0.25, -0.2) is 14.8 Å². The second kappa shape index (κ2) is 12.9. The molecular weight excluding hydrogens is 619 g/mol. The van der Waals surface area contributed by atoms with Crippen molar-refractivity contribution >= 4 is 48.0 Å². The number of aliphatic hydroxyl groups excluding tert-OH is 1. The van der Waals surface area contributed by atoms with E-state index in [9.17, 15) is 19.9 Å². The van der Waals surface area contributed by atoms with Crippen LogP contribution in [0.25, 0.3) is 22.1 Å². The summed E-state index contributed by atoms with van der Waals surface area (Å²) in [7, 11) is -0.864. The average molecular weight is 657 g/mol. The normalized spacial score (nSPS) is 22.6. The maximum absolute atomic E-state index is 12.5. The highest BCUT2D eigenvalue weighted by Crippen LogP contribution is 2.40. The third-order valence-corrected chi connectivity index (χ3v) is 8.05. The molecule has 3 aromatic heterocycles. The Balaban J connectivity index is 1.23. The van der Waals surface area contributed by atoms with Crippen LogP contribution in [0.5, 0.6) is 11.6 Å². The van der Waals surface area contributed by atoms with Crippen LogP contribution in [0, 0.1) is 5.41 Å². The van der Waals surface area contributed by atoms with Crippen molar-refractivity contribution in [3.63, 3.8) is 0 Å². The summed E-state index contributed by atoms with van der Waals surface area (Å²) >= 11 is 0. The van der Waals surface area contributed by atoms with Crippen molar-refractivity contribution < 1.29 is 38.6 Å². The fourth-order valence-electron chi connectivity index (χ4n) is 4.76. The zero-order chi connectivity index (χ0) is 33.4. The van der Waals surface area contributed by atoms with Crippen molar-refractivity contribution in [3.05, 3.63) is 36.7 Å². The number of nitrogens with zero attached hydrogens (tertiary/aromatic N) is 6. The minimum absolute atomic E-state index is 0.00445. The number of hydrogen-bond donors (Lipinski definition) is 4. The maximum Gasteiger partial charge on any atom is 0.395 e. The molecule has 0 radical (unpaired) electrons. The van der Waals surface area contributed by atoms with Crippen molar-refractivity contribution in [1.82, 2.24) is 24.5 Å². The number of esters is 1. The van der Waals surface area contributed by atoms with Gasteiger partial charge >= 0.3 is 14.1 Å². The van der Waals surface area contributed by atoms with Crippen molar-refractivity contribution in [2.24, 2.45) is 10.2 Å². The molecule has 6 atom stereocenters. The molecule has 17 heteroatoms. The molecule has 0 amide bonds. The zero-order valence-electron chi connectivity index (χ0n) is 26.2. The molecule has 1 unspecified atom stereocenters. The molecule has 1 saturated heterocycles. The van der Waals surface area contributed by atoms with E-state index in [1.807, 2.05) is 20.8 Å². The predicted octanol–water partition coefficient (Wildman–Crippen LogP) is 2.30. The Kier molecular flexibility index (Phi) is 9.29. The number of pyridine rings is 1. The Morgan fingerprint density at radius 2 is 2.04 bits per heavy atom. The number of carbonyl (C=O) groups is 1. The molecule has 0 saturated carbocycles. The first-order valence-corrected chi connectivity index (χ1v) is 15.6. The molecule has 1 aromatic carbocycles. The third kappa shape index (κ3) is 7.11. The summed E-state index contributed by atoms with van der Waals surface area (Å²) in [5.41, 5.74) is 5.22. The maximum atomic E-state index is 12.5. The highest BCUT2D eigenvalue weighted by atomic mass is 31.1. The predicted molar refractivity (Wildman–Crippen MR) is 167 cm³/mol. The average Bonchev–Trinajstić information content (AvgIpc) is 3.50. The monoisotopic (exact) mass is 656 g/mol. The van der Waals surface area contributed by atoms with E-state index in [-0.39, 0.29) is 36.2 Å². The highest BCUT2D eigenvalue weighted by molar-refractivity contribution is 7.34. The van der Waals surface area contributed by atoms with Gasteiger partial charge in [-0.1, -0.05) is 25.5 Å². The summed E-state index contributed by atoms with van der Waals surface area (Å²) in [6.45, 7) is 8.83. The number of nitrogen functional groups attached to an aromatic ring is 1. The zero-order valence-corrected chi connectivity index (χ0v) is 27.1. The second-order valence-electron chi connectivity index (χ2n) is 12.3. The first kappa shape index (κ1) is 33.2. The van der Waals surface area contributed by atoms with Gasteiger partial charge in [-0.05, 0) is 43.5 Å². The molecule has 1 aliphatic heterocycles. The highest BCUT2D eigenvalue weighted by Gasteiger charge is 2.54. The van der Waals surface area contributed by atoms with Gasteiger partial charge in [-0.15, -0.1) is 0 Å². The fraction of sp³-hybridized carbons (Fsp3) is 0.483. The van der Waals surface area contributed by atoms with Crippen LogP contribution in [-0.2, 0) is 14.3 Å². The molecule has 4 heterocycles. The molecule has 246 valence electrons. The van der Waals surface area contributed by atoms with Crippen LogP contribution >= 0.6 is 8.17 Å². The molecule has 1 fully saturated rings. The summed E-state index contributed by atoms with van der Waals surface area (Å²) in [4.78, 5) is 41.8. The summed E-state index contributed by atoms with van der Waals surface area (Å²) in [5.74, 6) is 0.359. The Morgan fingerprint density at radius 1 is 1.28 bits per heavy atom. The largest absolute Gasteiger partial charge is 0.575 e. The number of fused-ring (bicyclic) bond motifs is 2. The third-order valence-electron chi connectivity index (χ3n) is 7.15. The molecule has 1 aliphatic rings. The van der Waals surface area contributed by atoms with Gasteiger partial charge in [-0.3, -0.25) is 9.09 Å². The molecule has 5 N–H and O–H groups in total. The summed E-state index contributed by atoms with van der Waals surface area (Å²) in [6, 6.07) is 7.25. The molecule has 5 rings (SSSR count). The molecule has 0 bridgehead atoms. The number of aliphatic hydroxyl groups is 2. The fourth-order valence-corrected chi connectivity index (χ4v) is 5.48. The summed E-state index contributed by atoms with van der Waals surface area (Å²) in [5, 5.41) is 25.8. The molecular formula is C29H37N8O8P. The van der Waals surface area contributed by atoms with Crippen LogP contribution in [-0.4, -0.2) is 84.8 Å². The summed E-state index contributed by atoms with van der Waals surface area (Å²) in [6.07, 6.45) is -1.88. The second-order valence-corrected chi connectivity index (χ2v) is 13.2. The smallest absolute Gasteiger partial charge is 0.395 e. The van der Waals surface area contributed by atoms with Crippen LogP contribution in [0.1, 0.15) is 40.8 Å². The van der Waals surface area contributed by atoms with E-state index in [0.717, 1.165) is 0 Å². The van der Waals surface area contributed by atoms with E-state index in [1.165, 1.54) is 24.7 Å². The molecule has 4 aromatic rings. The number of anilines is 2. The number of aromatic nitrogens is 5. The van der Waals surface area contributed by atoms with Gasteiger partial charge in [0.2, 0.25) is 11.8 Å². The molecule has 46 heavy (non-hydrogen) atoms. The van der Waals surface area contributed by atoms with E-state index in [2.05, 4.69) is 30.0 Å². The van der Waals surface area contributed by atoms with E-state index in [4.69, 9.17) is 24.5 Å². The minimum atomic E-state index is -2.54. The Bertz CT molecular complexity index is 1780. The lowest BCUT2D eigenvalue weighted by atomic mass is 9.96. The number of ether oxygens (including phenoxy) is 3.